The van der Waals surface area contributed by atoms with E-state index in [0.29, 0.717) is 57.8 Å². The highest BCUT2D eigenvalue weighted by Crippen LogP contribution is 2.42. The quantitative estimate of drug-likeness (QED) is 0.0253. The first-order valence-corrected chi connectivity index (χ1v) is 39.5. The van der Waals surface area contributed by atoms with E-state index in [9.17, 15) is 62.3 Å². The Bertz CT molecular complexity index is 3010. The van der Waals surface area contributed by atoms with Gasteiger partial charge in [-0.1, -0.05) is 109 Å². The van der Waals surface area contributed by atoms with Gasteiger partial charge in [-0.2, -0.15) is 0 Å². The fourth-order valence-corrected chi connectivity index (χ4v) is 14.2. The summed E-state index contributed by atoms with van der Waals surface area (Å²) < 4.78 is 73.0. The maximum absolute atomic E-state index is 14.4. The first-order chi connectivity index (χ1) is 51.1. The molecule has 4 aliphatic heterocycles. The maximum Gasteiger partial charge on any atom is 0.407 e. The van der Waals surface area contributed by atoms with Crippen molar-refractivity contribution in [1.29, 1.82) is 0 Å². The Kier molecular flexibility index (Phi) is 39.7. The fourth-order valence-electron chi connectivity index (χ4n) is 14.2. The van der Waals surface area contributed by atoms with Gasteiger partial charge < -0.3 is 83.0 Å². The number of Topliss-reactive ketones (excluding diaryl/α,β-unsaturated/α-hetero) is 3. The average Bonchev–Trinajstić information content (AvgIpc) is 1.33. The lowest BCUT2D eigenvalue weighted by Gasteiger charge is -2.50. The topological polar surface area (TPSA) is 384 Å². The first-order valence-electron chi connectivity index (χ1n) is 39.5. The third-order valence-electron chi connectivity index (χ3n) is 21.2. The number of hydrogen-bond acceptors (Lipinski definition) is 25. The molecule has 5 amide bonds. The lowest BCUT2D eigenvalue weighted by Crippen LogP contribution is -2.63. The molecule has 4 aliphatic rings. The minimum atomic E-state index is -1.41. The van der Waals surface area contributed by atoms with E-state index in [2.05, 4.69) is 21.3 Å². The third kappa shape index (κ3) is 30.4. The number of hydrogen-bond donors (Lipinski definition) is 4. The molecule has 0 saturated carbocycles. The van der Waals surface area contributed by atoms with Gasteiger partial charge in [-0.05, 0) is 95.8 Å². The second kappa shape index (κ2) is 45.7. The van der Waals surface area contributed by atoms with Crippen molar-refractivity contribution in [3.05, 3.63) is 0 Å². The molecule has 0 aromatic carbocycles. The molecule has 4 heterocycles. The Hall–Kier alpha value is -6.73. The van der Waals surface area contributed by atoms with Crippen LogP contribution >= 0.6 is 0 Å². The van der Waals surface area contributed by atoms with E-state index < -0.39 is 174 Å². The Morgan fingerprint density at radius 1 is 0.505 bits per heavy atom. The molecule has 0 aromatic rings. The van der Waals surface area contributed by atoms with Crippen LogP contribution in [0.3, 0.4) is 0 Å². The number of carbonyl (C=O) groups is 13. The van der Waals surface area contributed by atoms with E-state index in [4.69, 9.17) is 56.8 Å². The van der Waals surface area contributed by atoms with Gasteiger partial charge in [-0.15, -0.1) is 0 Å². The molecule has 30 nitrogen and oxygen atoms in total. The van der Waals surface area contributed by atoms with Gasteiger partial charge in [-0.3, -0.25) is 57.5 Å². The SMILES string of the molecule is CC[C@H](NC(=O)[C@@H](CC(=O)[C@@H](NC(=O)[C@@H](C)CC)C(C)C)C(C)C)C(=O)C[C@@H](C)C(=O)N1CCC[C@H]1C(=O)N[C@@H](CCCCCCO[C@@H]1OC(COC(C)=O)[C@@H](O[C@@H]2OC(COC(C)=O)[C@H](O[C@H]3OC(COC(C)=O)[C@H](C)C(C)[C@@H]3C)C(C)[C@@H]2OC(C)=O)C(C)[C@@H]1OC(C)=O)C(=O)CCCCNC(=O)OC(C)(C)C. The molecule has 4 rings (SSSR count). The summed E-state index contributed by atoms with van der Waals surface area (Å²) in [6, 6.07) is -3.67. The molecule has 4 saturated heterocycles. The van der Waals surface area contributed by atoms with Gasteiger partial charge in [-0.25, -0.2) is 4.79 Å². The van der Waals surface area contributed by atoms with Crippen molar-refractivity contribution in [3.8, 4) is 0 Å². The van der Waals surface area contributed by atoms with Crippen LogP contribution in [0.4, 0.5) is 4.79 Å². The summed E-state index contributed by atoms with van der Waals surface area (Å²) in [7, 11) is 0. The second-order valence-electron chi connectivity index (χ2n) is 32.0. The Labute approximate surface area is 645 Å². The fraction of sp³-hybridized carbons (Fsp3) is 0.835. The van der Waals surface area contributed by atoms with Crippen LogP contribution < -0.4 is 21.3 Å². The molecule has 6 unspecified atom stereocenters. The average molecular weight is 1550 g/mol. The Balaban J connectivity index is 1.47. The summed E-state index contributed by atoms with van der Waals surface area (Å²) in [5.41, 5.74) is -0.710. The van der Waals surface area contributed by atoms with Crippen LogP contribution in [-0.4, -0.2) is 213 Å². The maximum atomic E-state index is 14.4. The number of unbranched alkanes of at least 4 members (excludes halogenated alkanes) is 4. The van der Waals surface area contributed by atoms with Crippen molar-refractivity contribution < 1.29 is 119 Å². The lowest BCUT2D eigenvalue weighted by atomic mass is 9.79. The number of amides is 5. The van der Waals surface area contributed by atoms with Crippen molar-refractivity contribution >= 4 is 76.9 Å². The van der Waals surface area contributed by atoms with Crippen molar-refractivity contribution in [2.24, 2.45) is 59.2 Å². The molecule has 622 valence electrons. The zero-order valence-electron chi connectivity index (χ0n) is 68.7. The number of ketones is 3. The molecule has 109 heavy (non-hydrogen) atoms. The summed E-state index contributed by atoms with van der Waals surface area (Å²) >= 11 is 0. The highest BCUT2D eigenvalue weighted by molar-refractivity contribution is 5.97. The minimum Gasteiger partial charge on any atom is -0.463 e. The van der Waals surface area contributed by atoms with Gasteiger partial charge >= 0.3 is 35.9 Å². The van der Waals surface area contributed by atoms with Crippen LogP contribution in [0.2, 0.25) is 0 Å². The van der Waals surface area contributed by atoms with E-state index in [1.54, 1.807) is 55.4 Å². The Morgan fingerprint density at radius 3 is 1.58 bits per heavy atom. The van der Waals surface area contributed by atoms with Crippen LogP contribution in [0, 0.1) is 59.2 Å². The Morgan fingerprint density at radius 2 is 1.05 bits per heavy atom. The minimum absolute atomic E-state index is 0.0164. The van der Waals surface area contributed by atoms with E-state index in [1.165, 1.54) is 39.5 Å². The van der Waals surface area contributed by atoms with Crippen molar-refractivity contribution in [2.45, 2.75) is 327 Å². The summed E-state index contributed by atoms with van der Waals surface area (Å²) in [6.07, 6.45) is -6.86. The number of alkyl carbamates (subject to hydrolysis) is 1. The summed E-state index contributed by atoms with van der Waals surface area (Å²) in [6.45, 7) is 35.0. The van der Waals surface area contributed by atoms with Crippen LogP contribution in [0.25, 0.3) is 0 Å². The number of ether oxygens (including phenoxy) is 12. The van der Waals surface area contributed by atoms with E-state index in [1.807, 2.05) is 55.4 Å². The van der Waals surface area contributed by atoms with Gasteiger partial charge in [0.25, 0.3) is 0 Å². The largest absolute Gasteiger partial charge is 0.463 e. The smallest absolute Gasteiger partial charge is 0.407 e. The van der Waals surface area contributed by atoms with Crippen molar-refractivity contribution in [3.63, 3.8) is 0 Å². The molecular formula is C79H131N5O25. The summed E-state index contributed by atoms with van der Waals surface area (Å²) in [5.74, 6) is -9.99. The number of nitrogens with one attached hydrogen (secondary N) is 4. The van der Waals surface area contributed by atoms with Crippen LogP contribution in [-0.2, 0) is 114 Å². The van der Waals surface area contributed by atoms with Crippen LogP contribution in [0.5, 0.6) is 0 Å². The number of likely N-dealkylation sites (tertiary alicyclic amines) is 1. The van der Waals surface area contributed by atoms with Gasteiger partial charge in [0.1, 0.15) is 43.7 Å². The normalized spacial score (nSPS) is 27.3. The third-order valence-corrected chi connectivity index (χ3v) is 21.2. The summed E-state index contributed by atoms with van der Waals surface area (Å²) in [4.78, 5) is 174. The van der Waals surface area contributed by atoms with Crippen LogP contribution in [0.1, 0.15) is 235 Å². The number of esters is 5. The predicted molar refractivity (Wildman–Crippen MR) is 397 cm³/mol. The van der Waals surface area contributed by atoms with Crippen LogP contribution in [0.15, 0.2) is 0 Å². The van der Waals surface area contributed by atoms with E-state index in [0.717, 1.165) is 0 Å². The van der Waals surface area contributed by atoms with Gasteiger partial charge in [0, 0.05) is 109 Å². The molecule has 0 aliphatic carbocycles. The lowest BCUT2D eigenvalue weighted by molar-refractivity contribution is -0.364. The second-order valence-corrected chi connectivity index (χ2v) is 32.0. The van der Waals surface area contributed by atoms with Gasteiger partial charge in [0.2, 0.25) is 23.6 Å². The highest BCUT2D eigenvalue weighted by atomic mass is 16.8. The molecule has 4 fully saturated rings. The molecule has 0 aromatic heterocycles. The molecule has 0 spiro atoms. The number of rotatable bonds is 43. The molecule has 22 atom stereocenters. The van der Waals surface area contributed by atoms with Crippen molar-refractivity contribution in [1.82, 2.24) is 26.2 Å². The molecule has 30 heteroatoms. The highest BCUT2D eigenvalue weighted by Gasteiger charge is 2.55. The van der Waals surface area contributed by atoms with Crippen molar-refractivity contribution in [2.75, 3.05) is 39.5 Å². The van der Waals surface area contributed by atoms with Gasteiger partial charge in [0.05, 0.1) is 36.4 Å². The summed E-state index contributed by atoms with van der Waals surface area (Å²) in [5, 5.41) is 11.4. The van der Waals surface area contributed by atoms with E-state index >= 15 is 0 Å². The number of carbonyl (C=O) groups excluding carboxylic acids is 13. The zero-order chi connectivity index (χ0) is 81.9. The molecule has 0 radical (unpaired) electrons. The molecular weight excluding hydrogens is 1420 g/mol. The predicted octanol–water partition coefficient (Wildman–Crippen LogP) is 8.28. The molecule has 0 bridgehead atoms. The first kappa shape index (κ1) is 94.6. The number of nitrogens with zero attached hydrogens (tertiary/aromatic N) is 1. The molecule has 4 N–H and O–H groups in total. The monoisotopic (exact) mass is 1550 g/mol. The van der Waals surface area contributed by atoms with Gasteiger partial charge in [0.15, 0.2) is 48.4 Å². The van der Waals surface area contributed by atoms with E-state index in [-0.39, 0.29) is 125 Å². The standard InChI is InChI=1S/C79H131N5O25/c1-22-44(7)71(93)83-66(43(5)6)62(92)38-56(42(3)4)72(94)81-57(23-2)61(91)37-45(8)74(96)84-35-30-32-59(84)73(95)82-58(60(90)33-27-28-34-80-78(97)109-79(19,20)21)31-26-24-25-29-36-98-76-69(102-54(17)88)49(12)68(64(105-76)40-100-52(15)86)108-77-70(103-55(18)89)50(13)67(65(106-77)41-101-53(16)87)107-75-48(11)46(9)47(10)63(104-75)39-99-51(14)85/h42-50,56-59,63-70,75-77H,22-41H2,1-21H3,(H,80,97)(H,81,94)(H,82,95)(H,83,93)/t44-,45+,46?,47+,48-,49?,50?,56-,57-,58-,59-,63?,64?,65?,66-,67+,68-,69-,70-,75+,76+,77-/m0/s1. The zero-order valence-corrected chi connectivity index (χ0v) is 68.7.